The number of piperidine rings is 1. The number of amides is 2. The summed E-state index contributed by atoms with van der Waals surface area (Å²) in [5.41, 5.74) is -0.601. The fraction of sp³-hybridized carbons (Fsp3) is 0.500. The smallest absolute Gasteiger partial charge is 0.287 e. The number of hydrogen-bond acceptors (Lipinski definition) is 7. The Labute approximate surface area is 211 Å². The molecule has 0 radical (unpaired) electrons. The highest BCUT2D eigenvalue weighted by Gasteiger charge is 2.43. The molecule has 2 N–H and O–H groups in total. The summed E-state index contributed by atoms with van der Waals surface area (Å²) in [6.45, 7) is 3.66. The number of hydrogen-bond donors (Lipinski definition) is 2. The second-order valence-electron chi connectivity index (χ2n) is 9.84. The molecule has 2 aromatic rings. The summed E-state index contributed by atoms with van der Waals surface area (Å²) >= 11 is 0. The van der Waals surface area contributed by atoms with Crippen LogP contribution < -0.4 is 15.5 Å². The van der Waals surface area contributed by atoms with Crippen molar-refractivity contribution in [3.8, 4) is 0 Å². The average molecular weight is 516 g/mol. The van der Waals surface area contributed by atoms with Crippen molar-refractivity contribution in [1.82, 2.24) is 10.6 Å². The van der Waals surface area contributed by atoms with E-state index in [0.29, 0.717) is 31.5 Å². The molecule has 2 fully saturated rings. The number of furan rings is 1. The summed E-state index contributed by atoms with van der Waals surface area (Å²) < 4.78 is 30.9. The van der Waals surface area contributed by atoms with Gasteiger partial charge in [0.15, 0.2) is 21.4 Å². The maximum absolute atomic E-state index is 13.4. The van der Waals surface area contributed by atoms with Gasteiger partial charge in [-0.2, -0.15) is 0 Å². The second kappa shape index (κ2) is 10.5. The van der Waals surface area contributed by atoms with E-state index in [2.05, 4.69) is 10.6 Å². The van der Waals surface area contributed by atoms with Crippen LogP contribution in [0.1, 0.15) is 62.9 Å². The third kappa shape index (κ3) is 5.18. The van der Waals surface area contributed by atoms with Crippen molar-refractivity contribution < 1.29 is 27.2 Å². The Hall–Kier alpha value is -3.14. The van der Waals surface area contributed by atoms with Crippen LogP contribution in [0.25, 0.3) is 0 Å². The van der Waals surface area contributed by atoms with Gasteiger partial charge in [-0.1, -0.05) is 31.4 Å². The van der Waals surface area contributed by atoms with Crippen molar-refractivity contribution in [2.24, 2.45) is 0 Å². The molecule has 10 heteroatoms. The van der Waals surface area contributed by atoms with E-state index >= 15 is 0 Å². The summed E-state index contributed by atoms with van der Waals surface area (Å²) in [4.78, 5) is 41.2. The SMILES string of the molecule is CC(C)S(=O)(=O)c1ccccc1N1CCC(NC(=O)C2(NC(=O)c3ccco3)CCCCC2)C(=O)C1. The number of ketones is 1. The van der Waals surface area contributed by atoms with Crippen LogP contribution >= 0.6 is 0 Å². The minimum atomic E-state index is -3.53. The molecule has 1 aromatic carbocycles. The third-order valence-corrected chi connectivity index (χ3v) is 9.30. The zero-order valence-corrected chi connectivity index (χ0v) is 21.5. The van der Waals surface area contributed by atoms with Gasteiger partial charge in [-0.05, 0) is 57.4 Å². The Morgan fingerprint density at radius 3 is 2.44 bits per heavy atom. The van der Waals surface area contributed by atoms with Gasteiger partial charge in [-0.15, -0.1) is 0 Å². The monoisotopic (exact) mass is 515 g/mol. The van der Waals surface area contributed by atoms with Crippen molar-refractivity contribution in [3.05, 3.63) is 48.4 Å². The molecule has 4 rings (SSSR count). The van der Waals surface area contributed by atoms with E-state index < -0.39 is 32.6 Å². The number of rotatable bonds is 7. The number of Topliss-reactive ketones (excluding diaryl/α,β-unsaturated/α-hetero) is 1. The van der Waals surface area contributed by atoms with Crippen LogP contribution in [0.15, 0.2) is 52.0 Å². The maximum atomic E-state index is 13.4. The molecule has 36 heavy (non-hydrogen) atoms. The van der Waals surface area contributed by atoms with Crippen LogP contribution in [-0.4, -0.2) is 55.9 Å². The van der Waals surface area contributed by atoms with E-state index in [0.717, 1.165) is 19.3 Å². The van der Waals surface area contributed by atoms with Gasteiger partial charge < -0.3 is 20.0 Å². The zero-order valence-electron chi connectivity index (χ0n) is 20.7. The molecule has 1 saturated carbocycles. The Balaban J connectivity index is 1.47. The molecule has 1 saturated heterocycles. The Morgan fingerprint density at radius 2 is 1.81 bits per heavy atom. The number of sulfone groups is 1. The van der Waals surface area contributed by atoms with Gasteiger partial charge in [0.1, 0.15) is 5.54 Å². The number of carbonyl (C=O) groups is 3. The van der Waals surface area contributed by atoms with Crippen molar-refractivity contribution in [1.29, 1.82) is 0 Å². The first kappa shape index (κ1) is 25.9. The summed E-state index contributed by atoms with van der Waals surface area (Å²) in [5.74, 6) is -0.889. The molecule has 2 amide bonds. The maximum Gasteiger partial charge on any atom is 0.287 e. The van der Waals surface area contributed by atoms with E-state index in [4.69, 9.17) is 4.42 Å². The molecule has 2 heterocycles. The summed E-state index contributed by atoms with van der Waals surface area (Å²) in [6, 6.07) is 9.15. The number of para-hydroxylation sites is 1. The zero-order chi connectivity index (χ0) is 25.9. The van der Waals surface area contributed by atoms with Crippen LogP contribution in [0.5, 0.6) is 0 Å². The van der Waals surface area contributed by atoms with E-state index in [1.54, 1.807) is 55.1 Å². The second-order valence-corrected chi connectivity index (χ2v) is 12.3. The van der Waals surface area contributed by atoms with E-state index in [-0.39, 0.29) is 28.9 Å². The lowest BCUT2D eigenvalue weighted by atomic mass is 9.80. The van der Waals surface area contributed by atoms with Crippen molar-refractivity contribution in [3.63, 3.8) is 0 Å². The first-order valence-corrected chi connectivity index (χ1v) is 14.0. The highest BCUT2D eigenvalue weighted by Crippen LogP contribution is 2.31. The Bertz CT molecular complexity index is 1220. The lowest BCUT2D eigenvalue weighted by molar-refractivity contribution is -0.133. The lowest BCUT2D eigenvalue weighted by Crippen LogP contribution is -2.63. The first-order chi connectivity index (χ1) is 17.1. The van der Waals surface area contributed by atoms with Gasteiger partial charge in [-0.3, -0.25) is 14.4 Å². The molecule has 1 aromatic heterocycles. The minimum Gasteiger partial charge on any atom is -0.459 e. The summed E-state index contributed by atoms with van der Waals surface area (Å²) in [5, 5.41) is 5.17. The normalized spacial score (nSPS) is 20.2. The van der Waals surface area contributed by atoms with E-state index in [9.17, 15) is 22.8 Å². The lowest BCUT2D eigenvalue weighted by Gasteiger charge is -2.39. The van der Waals surface area contributed by atoms with Gasteiger partial charge >= 0.3 is 0 Å². The minimum absolute atomic E-state index is 0.0126. The molecule has 2 aliphatic rings. The highest BCUT2D eigenvalue weighted by molar-refractivity contribution is 7.92. The number of nitrogens with zero attached hydrogens (tertiary/aromatic N) is 1. The fourth-order valence-electron chi connectivity index (χ4n) is 4.94. The van der Waals surface area contributed by atoms with Gasteiger partial charge in [-0.25, -0.2) is 8.42 Å². The average Bonchev–Trinajstić information content (AvgIpc) is 3.41. The first-order valence-electron chi connectivity index (χ1n) is 12.4. The molecular formula is C26H33N3O6S. The predicted molar refractivity (Wildman–Crippen MR) is 135 cm³/mol. The Morgan fingerprint density at radius 1 is 1.08 bits per heavy atom. The van der Waals surface area contributed by atoms with Crippen molar-refractivity contribution >= 4 is 33.1 Å². The number of anilines is 1. The molecule has 0 spiro atoms. The molecule has 0 bridgehead atoms. The quantitative estimate of drug-likeness (QED) is 0.581. The van der Waals surface area contributed by atoms with Crippen LogP contribution in [0, 0.1) is 0 Å². The highest BCUT2D eigenvalue weighted by atomic mass is 32.2. The molecule has 194 valence electrons. The summed E-state index contributed by atoms with van der Waals surface area (Å²) in [7, 11) is -3.53. The van der Waals surface area contributed by atoms with Crippen LogP contribution in [0.3, 0.4) is 0 Å². The summed E-state index contributed by atoms with van der Waals surface area (Å²) in [6.07, 6.45) is 5.26. The van der Waals surface area contributed by atoms with Crippen LogP contribution in [0.2, 0.25) is 0 Å². The molecule has 1 atom stereocenters. The van der Waals surface area contributed by atoms with Gasteiger partial charge in [0, 0.05) is 6.54 Å². The predicted octanol–water partition coefficient (Wildman–Crippen LogP) is 2.86. The molecule has 1 aliphatic carbocycles. The number of carbonyl (C=O) groups excluding carboxylic acids is 3. The van der Waals surface area contributed by atoms with E-state index in [1.807, 2.05) is 0 Å². The molecular weight excluding hydrogens is 482 g/mol. The largest absolute Gasteiger partial charge is 0.459 e. The van der Waals surface area contributed by atoms with Gasteiger partial charge in [0.2, 0.25) is 5.91 Å². The molecule has 9 nitrogen and oxygen atoms in total. The van der Waals surface area contributed by atoms with E-state index in [1.165, 1.54) is 6.26 Å². The number of nitrogens with one attached hydrogen (secondary N) is 2. The third-order valence-electron chi connectivity index (χ3n) is 7.10. The van der Waals surface area contributed by atoms with Crippen molar-refractivity contribution in [2.75, 3.05) is 18.0 Å². The van der Waals surface area contributed by atoms with Crippen LogP contribution in [0.4, 0.5) is 5.69 Å². The topological polar surface area (TPSA) is 126 Å². The van der Waals surface area contributed by atoms with Gasteiger partial charge in [0.25, 0.3) is 5.91 Å². The number of benzene rings is 1. The molecule has 1 unspecified atom stereocenters. The molecule has 1 aliphatic heterocycles. The standard InChI is InChI=1S/C26H33N3O6S/c1-18(2)36(33,34)23-11-5-4-9-20(23)29-15-12-19(21(30)17-29)27-25(32)26(13-6-3-7-14-26)28-24(31)22-10-8-16-35-22/h4-5,8-11,16,18-19H,3,6-7,12-15,17H2,1-2H3,(H,27,32)(H,28,31). The van der Waals surface area contributed by atoms with Gasteiger partial charge in [0.05, 0.1) is 34.7 Å². The Kier molecular flexibility index (Phi) is 7.54. The van der Waals surface area contributed by atoms with Crippen molar-refractivity contribution in [2.45, 2.75) is 74.1 Å². The van der Waals surface area contributed by atoms with Crippen LogP contribution in [-0.2, 0) is 19.4 Å². The fourth-order valence-corrected chi connectivity index (χ4v) is 6.21.